The van der Waals surface area contributed by atoms with E-state index in [0.29, 0.717) is 18.7 Å². The van der Waals surface area contributed by atoms with E-state index in [1.165, 1.54) is 12.1 Å². The summed E-state index contributed by atoms with van der Waals surface area (Å²) in [5.74, 6) is -0.0105. The van der Waals surface area contributed by atoms with Gasteiger partial charge < -0.3 is 10.4 Å². The van der Waals surface area contributed by atoms with E-state index in [0.717, 1.165) is 12.8 Å². The van der Waals surface area contributed by atoms with Gasteiger partial charge in [-0.2, -0.15) is 5.26 Å². The van der Waals surface area contributed by atoms with Crippen molar-refractivity contribution in [3.63, 3.8) is 0 Å². The molecule has 1 fully saturated rings. The van der Waals surface area contributed by atoms with Gasteiger partial charge in [-0.15, -0.1) is 0 Å². The van der Waals surface area contributed by atoms with Gasteiger partial charge in [-0.05, 0) is 31.0 Å². The highest BCUT2D eigenvalue weighted by Crippen LogP contribution is 2.44. The van der Waals surface area contributed by atoms with Crippen LogP contribution >= 0.6 is 0 Å². The van der Waals surface area contributed by atoms with E-state index in [1.807, 2.05) is 6.07 Å². The zero-order valence-corrected chi connectivity index (χ0v) is 12.0. The van der Waals surface area contributed by atoms with Crippen molar-refractivity contribution >= 4 is 9.84 Å². The van der Waals surface area contributed by atoms with Crippen LogP contribution in [-0.4, -0.2) is 39.0 Å². The second-order valence-corrected chi connectivity index (χ2v) is 7.40. The molecular formula is C14H18N2O3S. The molecule has 0 radical (unpaired) electrons. The highest BCUT2D eigenvalue weighted by molar-refractivity contribution is 7.91. The van der Waals surface area contributed by atoms with E-state index in [1.54, 1.807) is 12.1 Å². The largest absolute Gasteiger partial charge is 0.396 e. The Balaban J connectivity index is 1.89. The van der Waals surface area contributed by atoms with Crippen molar-refractivity contribution in [2.45, 2.75) is 17.7 Å². The predicted molar refractivity (Wildman–Crippen MR) is 74.8 cm³/mol. The molecule has 2 N–H and O–H groups in total. The first kappa shape index (κ1) is 15.0. The van der Waals surface area contributed by atoms with Crippen molar-refractivity contribution in [2.24, 2.45) is 5.41 Å². The van der Waals surface area contributed by atoms with Gasteiger partial charge in [0.1, 0.15) is 0 Å². The number of nitrogens with zero attached hydrogens (tertiary/aromatic N) is 1. The Morgan fingerprint density at radius 1 is 1.40 bits per heavy atom. The zero-order valence-electron chi connectivity index (χ0n) is 11.2. The first-order chi connectivity index (χ1) is 9.51. The summed E-state index contributed by atoms with van der Waals surface area (Å²) < 4.78 is 24.2. The SMILES string of the molecule is N#Cc1cccc(S(=O)(=O)CCNCC2(CO)CC2)c1. The predicted octanol–water partition coefficient (Wildman–Crippen LogP) is 0.694. The van der Waals surface area contributed by atoms with E-state index in [-0.39, 0.29) is 22.7 Å². The maximum atomic E-state index is 12.1. The third-order valence-electron chi connectivity index (χ3n) is 3.66. The lowest BCUT2D eigenvalue weighted by molar-refractivity contribution is 0.208. The molecule has 0 aliphatic heterocycles. The number of rotatable bonds is 7. The Morgan fingerprint density at radius 2 is 2.15 bits per heavy atom. The topological polar surface area (TPSA) is 90.2 Å². The summed E-state index contributed by atoms with van der Waals surface area (Å²) in [6.45, 7) is 1.15. The fraction of sp³-hybridized carbons (Fsp3) is 0.500. The van der Waals surface area contributed by atoms with Crippen molar-refractivity contribution < 1.29 is 13.5 Å². The second kappa shape index (κ2) is 5.92. The van der Waals surface area contributed by atoms with Gasteiger partial charge in [-0.3, -0.25) is 0 Å². The first-order valence-corrected chi connectivity index (χ1v) is 8.21. The number of aliphatic hydroxyl groups excluding tert-OH is 1. The van der Waals surface area contributed by atoms with Crippen molar-refractivity contribution in [2.75, 3.05) is 25.4 Å². The van der Waals surface area contributed by atoms with E-state index in [4.69, 9.17) is 10.4 Å². The van der Waals surface area contributed by atoms with Crippen molar-refractivity contribution in [1.82, 2.24) is 5.32 Å². The lowest BCUT2D eigenvalue weighted by Crippen LogP contribution is -2.30. The van der Waals surface area contributed by atoms with E-state index in [2.05, 4.69) is 5.32 Å². The van der Waals surface area contributed by atoms with Crippen LogP contribution in [0.25, 0.3) is 0 Å². The van der Waals surface area contributed by atoms with Gasteiger partial charge in [0.2, 0.25) is 0 Å². The minimum absolute atomic E-state index is 0.0105. The number of hydrogen-bond acceptors (Lipinski definition) is 5. The molecule has 1 aromatic rings. The summed E-state index contributed by atoms with van der Waals surface area (Å²) in [5, 5.41) is 21.0. The Hall–Kier alpha value is -1.42. The number of nitriles is 1. The lowest BCUT2D eigenvalue weighted by Gasteiger charge is -2.12. The molecular weight excluding hydrogens is 276 g/mol. The number of nitrogens with one attached hydrogen (secondary N) is 1. The molecule has 108 valence electrons. The summed E-state index contributed by atoms with van der Waals surface area (Å²) in [5.41, 5.74) is 0.320. The van der Waals surface area contributed by atoms with E-state index in [9.17, 15) is 8.42 Å². The van der Waals surface area contributed by atoms with Crippen molar-refractivity contribution in [3.05, 3.63) is 29.8 Å². The minimum Gasteiger partial charge on any atom is -0.396 e. The number of benzene rings is 1. The van der Waals surface area contributed by atoms with Crippen LogP contribution in [0.5, 0.6) is 0 Å². The molecule has 0 aromatic heterocycles. The smallest absolute Gasteiger partial charge is 0.179 e. The molecule has 0 unspecified atom stereocenters. The fourth-order valence-corrected chi connectivity index (χ4v) is 3.25. The van der Waals surface area contributed by atoms with Crippen molar-refractivity contribution in [3.8, 4) is 6.07 Å². The maximum Gasteiger partial charge on any atom is 0.179 e. The van der Waals surface area contributed by atoms with Crippen molar-refractivity contribution in [1.29, 1.82) is 5.26 Å². The molecule has 0 amide bonds. The molecule has 1 saturated carbocycles. The monoisotopic (exact) mass is 294 g/mol. The molecule has 1 aromatic carbocycles. The van der Waals surface area contributed by atoms with Crippen LogP contribution < -0.4 is 5.32 Å². The summed E-state index contributed by atoms with van der Waals surface area (Å²) in [4.78, 5) is 0.182. The van der Waals surface area contributed by atoms with Crippen LogP contribution in [0.2, 0.25) is 0 Å². The number of hydrogen-bond donors (Lipinski definition) is 2. The van der Waals surface area contributed by atoms with Gasteiger partial charge in [0.05, 0.1) is 22.3 Å². The summed E-state index contributed by atoms with van der Waals surface area (Å²) in [7, 11) is -3.37. The van der Waals surface area contributed by atoms with Gasteiger partial charge in [0.15, 0.2) is 9.84 Å². The maximum absolute atomic E-state index is 12.1. The van der Waals surface area contributed by atoms with Crippen LogP contribution in [0.4, 0.5) is 0 Å². The quantitative estimate of drug-likeness (QED) is 0.722. The third-order valence-corrected chi connectivity index (χ3v) is 5.38. The molecule has 0 spiro atoms. The van der Waals surface area contributed by atoms with Gasteiger partial charge in [-0.1, -0.05) is 6.07 Å². The third kappa shape index (κ3) is 3.57. The fourth-order valence-electron chi connectivity index (χ4n) is 2.00. The molecule has 0 bridgehead atoms. The average molecular weight is 294 g/mol. The molecule has 0 atom stereocenters. The second-order valence-electron chi connectivity index (χ2n) is 5.29. The average Bonchev–Trinajstić information content (AvgIpc) is 3.24. The molecule has 6 heteroatoms. The molecule has 1 aliphatic rings. The summed E-state index contributed by atoms with van der Waals surface area (Å²) in [6, 6.07) is 7.99. The normalized spacial score (nSPS) is 16.6. The van der Waals surface area contributed by atoms with E-state index >= 15 is 0 Å². The molecule has 0 saturated heterocycles. The highest BCUT2D eigenvalue weighted by atomic mass is 32.2. The van der Waals surface area contributed by atoms with Gasteiger partial charge in [-0.25, -0.2) is 8.42 Å². The lowest BCUT2D eigenvalue weighted by atomic mass is 10.1. The minimum atomic E-state index is -3.37. The zero-order chi connectivity index (χ0) is 14.6. The van der Waals surface area contributed by atoms with Crippen LogP contribution in [-0.2, 0) is 9.84 Å². The summed E-state index contributed by atoms with van der Waals surface area (Å²) in [6.07, 6.45) is 1.99. The standard InChI is InChI=1S/C14H18N2O3S/c15-9-12-2-1-3-13(8-12)20(18,19)7-6-16-10-14(11-17)4-5-14/h1-3,8,16-17H,4-7,10-11H2. The highest BCUT2D eigenvalue weighted by Gasteiger charge is 2.41. The summed E-state index contributed by atoms with van der Waals surface area (Å²) >= 11 is 0. The molecule has 5 nitrogen and oxygen atoms in total. The van der Waals surface area contributed by atoms with Gasteiger partial charge in [0, 0.05) is 25.1 Å². The molecule has 0 heterocycles. The number of aliphatic hydroxyl groups is 1. The Morgan fingerprint density at radius 3 is 2.75 bits per heavy atom. The molecule has 1 aliphatic carbocycles. The first-order valence-electron chi connectivity index (χ1n) is 6.56. The van der Waals surface area contributed by atoms with Crippen LogP contribution in [0.1, 0.15) is 18.4 Å². The Bertz CT molecular complexity index is 616. The van der Waals surface area contributed by atoms with Crippen LogP contribution in [0, 0.1) is 16.7 Å². The van der Waals surface area contributed by atoms with E-state index < -0.39 is 9.84 Å². The Kier molecular flexibility index (Phi) is 4.43. The van der Waals surface area contributed by atoms with Gasteiger partial charge in [0.25, 0.3) is 0 Å². The van der Waals surface area contributed by atoms with Gasteiger partial charge >= 0.3 is 0 Å². The van der Waals surface area contributed by atoms with Crippen LogP contribution in [0.3, 0.4) is 0 Å². The molecule has 2 rings (SSSR count). The van der Waals surface area contributed by atoms with Crippen LogP contribution in [0.15, 0.2) is 29.2 Å². The Labute approximate surface area is 119 Å². The molecule has 20 heavy (non-hydrogen) atoms. The number of sulfone groups is 1.